The standard InChI is InChI=1S/C14H17BrN2O/c15-12-4-3-10(16)7-13(12)17-14(18)11-6-8-1-2-9(11)5-8/h3-4,7-9,11H,1-2,5-6,16H2,(H,17,18). The van der Waals surface area contributed by atoms with Crippen molar-refractivity contribution in [2.45, 2.75) is 25.7 Å². The highest BCUT2D eigenvalue weighted by molar-refractivity contribution is 9.10. The van der Waals surface area contributed by atoms with E-state index in [0.717, 1.165) is 22.5 Å². The first-order chi connectivity index (χ1) is 8.63. The van der Waals surface area contributed by atoms with Crippen LogP contribution in [0.15, 0.2) is 22.7 Å². The van der Waals surface area contributed by atoms with Crippen molar-refractivity contribution in [1.29, 1.82) is 0 Å². The molecule has 0 spiro atoms. The first kappa shape index (κ1) is 12.0. The second-order valence-electron chi connectivity index (χ2n) is 5.51. The smallest absolute Gasteiger partial charge is 0.227 e. The number of nitrogens with one attached hydrogen (secondary N) is 1. The number of hydrogen-bond donors (Lipinski definition) is 2. The third-order valence-corrected chi connectivity index (χ3v) is 5.01. The van der Waals surface area contributed by atoms with Crippen LogP contribution in [0.25, 0.3) is 0 Å². The van der Waals surface area contributed by atoms with E-state index in [1.165, 1.54) is 19.3 Å². The number of amides is 1. The lowest BCUT2D eigenvalue weighted by Crippen LogP contribution is -2.27. The Hall–Kier alpha value is -1.03. The second kappa shape index (κ2) is 4.57. The lowest BCUT2D eigenvalue weighted by atomic mass is 9.88. The van der Waals surface area contributed by atoms with Gasteiger partial charge in [0.2, 0.25) is 5.91 Å². The van der Waals surface area contributed by atoms with Crippen molar-refractivity contribution in [3.8, 4) is 0 Å². The van der Waals surface area contributed by atoms with Gasteiger partial charge in [0.1, 0.15) is 0 Å². The number of benzene rings is 1. The molecule has 0 heterocycles. The zero-order chi connectivity index (χ0) is 12.7. The summed E-state index contributed by atoms with van der Waals surface area (Å²) in [5, 5.41) is 3.01. The van der Waals surface area contributed by atoms with Crippen LogP contribution in [-0.2, 0) is 4.79 Å². The number of halogens is 1. The molecule has 3 atom stereocenters. The highest BCUT2D eigenvalue weighted by atomic mass is 79.9. The molecular formula is C14H17BrN2O. The van der Waals surface area contributed by atoms with Gasteiger partial charge in [-0.2, -0.15) is 0 Å². The van der Waals surface area contributed by atoms with Crippen LogP contribution in [0, 0.1) is 17.8 Å². The molecule has 0 saturated heterocycles. The molecule has 0 aromatic heterocycles. The van der Waals surface area contributed by atoms with Crippen LogP contribution in [0.5, 0.6) is 0 Å². The van der Waals surface area contributed by atoms with Gasteiger partial charge < -0.3 is 11.1 Å². The third kappa shape index (κ3) is 2.14. The van der Waals surface area contributed by atoms with Crippen molar-refractivity contribution in [2.75, 3.05) is 11.1 Å². The highest BCUT2D eigenvalue weighted by Crippen LogP contribution is 2.48. The Morgan fingerprint density at radius 1 is 1.33 bits per heavy atom. The van der Waals surface area contributed by atoms with E-state index in [1.807, 2.05) is 12.1 Å². The van der Waals surface area contributed by atoms with Crippen molar-refractivity contribution in [3.63, 3.8) is 0 Å². The van der Waals surface area contributed by atoms with Crippen LogP contribution in [0.1, 0.15) is 25.7 Å². The highest BCUT2D eigenvalue weighted by Gasteiger charge is 2.43. The van der Waals surface area contributed by atoms with Gasteiger partial charge in [-0.1, -0.05) is 6.42 Å². The number of nitrogen functional groups attached to an aromatic ring is 1. The molecule has 3 rings (SSSR count). The minimum absolute atomic E-state index is 0.161. The maximum absolute atomic E-state index is 12.3. The van der Waals surface area contributed by atoms with E-state index in [2.05, 4.69) is 21.2 Å². The molecule has 2 bridgehead atoms. The predicted molar refractivity (Wildman–Crippen MR) is 76.1 cm³/mol. The average molecular weight is 309 g/mol. The summed E-state index contributed by atoms with van der Waals surface area (Å²) in [6.45, 7) is 0. The molecular weight excluding hydrogens is 292 g/mol. The lowest BCUT2D eigenvalue weighted by Gasteiger charge is -2.21. The van der Waals surface area contributed by atoms with E-state index in [0.29, 0.717) is 11.6 Å². The summed E-state index contributed by atoms with van der Waals surface area (Å²) in [4.78, 5) is 12.3. The van der Waals surface area contributed by atoms with Crippen molar-refractivity contribution in [3.05, 3.63) is 22.7 Å². The molecule has 2 saturated carbocycles. The maximum Gasteiger partial charge on any atom is 0.227 e. The summed E-state index contributed by atoms with van der Waals surface area (Å²) in [6.07, 6.45) is 4.85. The van der Waals surface area contributed by atoms with Crippen molar-refractivity contribution in [2.24, 2.45) is 17.8 Å². The van der Waals surface area contributed by atoms with E-state index in [4.69, 9.17) is 5.73 Å². The molecule has 3 unspecified atom stereocenters. The lowest BCUT2D eigenvalue weighted by molar-refractivity contribution is -0.121. The van der Waals surface area contributed by atoms with Gasteiger partial charge in [-0.25, -0.2) is 0 Å². The molecule has 4 heteroatoms. The molecule has 1 aromatic carbocycles. The molecule has 1 aromatic rings. The largest absolute Gasteiger partial charge is 0.399 e. The Morgan fingerprint density at radius 2 is 2.17 bits per heavy atom. The summed E-state index contributed by atoms with van der Waals surface area (Å²) in [5.41, 5.74) is 7.19. The van der Waals surface area contributed by atoms with Crippen LogP contribution >= 0.6 is 15.9 Å². The fourth-order valence-corrected chi connectivity index (χ4v) is 3.78. The molecule has 2 fully saturated rings. The number of hydrogen-bond acceptors (Lipinski definition) is 2. The second-order valence-corrected chi connectivity index (χ2v) is 6.36. The van der Waals surface area contributed by atoms with Crippen LogP contribution in [-0.4, -0.2) is 5.91 Å². The van der Waals surface area contributed by atoms with Gasteiger partial charge in [0, 0.05) is 16.1 Å². The summed E-state index contributed by atoms with van der Waals surface area (Å²) in [5.74, 6) is 1.76. The molecule has 0 aliphatic heterocycles. The fraction of sp³-hybridized carbons (Fsp3) is 0.500. The third-order valence-electron chi connectivity index (χ3n) is 4.32. The number of fused-ring (bicyclic) bond motifs is 2. The zero-order valence-electron chi connectivity index (χ0n) is 10.2. The van der Waals surface area contributed by atoms with Gasteiger partial charge in [-0.15, -0.1) is 0 Å². The Kier molecular flexibility index (Phi) is 3.06. The molecule has 2 aliphatic carbocycles. The molecule has 2 aliphatic rings. The first-order valence-electron chi connectivity index (χ1n) is 6.49. The predicted octanol–water partition coefficient (Wildman–Crippen LogP) is 3.41. The summed E-state index contributed by atoms with van der Waals surface area (Å²) < 4.78 is 0.883. The molecule has 18 heavy (non-hydrogen) atoms. The topological polar surface area (TPSA) is 55.1 Å². The molecule has 96 valence electrons. The number of rotatable bonds is 2. The monoisotopic (exact) mass is 308 g/mol. The Bertz CT molecular complexity index is 489. The number of anilines is 2. The molecule has 1 amide bonds. The Balaban J connectivity index is 1.72. The minimum atomic E-state index is 0.161. The fourth-order valence-electron chi connectivity index (χ4n) is 3.43. The van der Waals surface area contributed by atoms with Crippen LogP contribution < -0.4 is 11.1 Å². The normalized spacial score (nSPS) is 29.5. The summed E-state index contributed by atoms with van der Waals surface area (Å²) in [6, 6.07) is 5.48. The summed E-state index contributed by atoms with van der Waals surface area (Å²) in [7, 11) is 0. The van der Waals surface area contributed by atoms with Crippen LogP contribution in [0.3, 0.4) is 0 Å². The maximum atomic E-state index is 12.3. The summed E-state index contributed by atoms with van der Waals surface area (Å²) >= 11 is 3.44. The van der Waals surface area contributed by atoms with E-state index < -0.39 is 0 Å². The van der Waals surface area contributed by atoms with Gasteiger partial charge in [0.25, 0.3) is 0 Å². The molecule has 3 N–H and O–H groups in total. The van der Waals surface area contributed by atoms with Crippen molar-refractivity contribution < 1.29 is 4.79 Å². The first-order valence-corrected chi connectivity index (χ1v) is 7.28. The van der Waals surface area contributed by atoms with Gasteiger partial charge >= 0.3 is 0 Å². The number of nitrogens with two attached hydrogens (primary N) is 1. The van der Waals surface area contributed by atoms with E-state index in [1.54, 1.807) is 6.07 Å². The molecule has 0 radical (unpaired) electrons. The van der Waals surface area contributed by atoms with Crippen LogP contribution in [0.4, 0.5) is 11.4 Å². The zero-order valence-corrected chi connectivity index (χ0v) is 11.7. The Morgan fingerprint density at radius 3 is 2.83 bits per heavy atom. The van der Waals surface area contributed by atoms with Gasteiger partial charge in [-0.3, -0.25) is 4.79 Å². The van der Waals surface area contributed by atoms with Crippen LogP contribution in [0.2, 0.25) is 0 Å². The van der Waals surface area contributed by atoms with Gasteiger partial charge in [-0.05, 0) is 65.2 Å². The average Bonchev–Trinajstić information content (AvgIpc) is 2.96. The van der Waals surface area contributed by atoms with Gasteiger partial charge in [0.15, 0.2) is 0 Å². The van der Waals surface area contributed by atoms with Crippen molar-refractivity contribution in [1.82, 2.24) is 0 Å². The SMILES string of the molecule is Nc1ccc(Br)c(NC(=O)C2CC3CCC2C3)c1. The van der Waals surface area contributed by atoms with E-state index in [9.17, 15) is 4.79 Å². The quantitative estimate of drug-likeness (QED) is 0.823. The van der Waals surface area contributed by atoms with Crippen molar-refractivity contribution >= 4 is 33.2 Å². The van der Waals surface area contributed by atoms with Gasteiger partial charge in [0.05, 0.1) is 5.69 Å². The minimum Gasteiger partial charge on any atom is -0.399 e. The Labute approximate surface area is 115 Å². The number of carbonyl (C=O) groups is 1. The van der Waals surface area contributed by atoms with E-state index in [-0.39, 0.29) is 11.8 Å². The van der Waals surface area contributed by atoms with E-state index >= 15 is 0 Å². The molecule has 3 nitrogen and oxygen atoms in total. The number of carbonyl (C=O) groups excluding carboxylic acids is 1.